The van der Waals surface area contributed by atoms with Crippen LogP contribution in [-0.4, -0.2) is 25.2 Å². The van der Waals surface area contributed by atoms with Crippen LogP contribution in [0.15, 0.2) is 0 Å². The van der Waals surface area contributed by atoms with Crippen LogP contribution in [0.3, 0.4) is 0 Å². The number of unbranched alkanes of at least 4 members (excludes halogenated alkanes) is 1. The lowest BCUT2D eigenvalue weighted by molar-refractivity contribution is -0.143. The molecule has 0 aromatic carbocycles. The molecule has 96 valence electrons. The second-order valence-electron chi connectivity index (χ2n) is 4.16. The van der Waals surface area contributed by atoms with Gasteiger partial charge in [0, 0.05) is 12.5 Å². The fourth-order valence-electron chi connectivity index (χ4n) is 1.45. The van der Waals surface area contributed by atoms with E-state index in [1.165, 1.54) is 0 Å². The molecule has 0 spiro atoms. The van der Waals surface area contributed by atoms with E-state index in [0.29, 0.717) is 19.6 Å². The summed E-state index contributed by atoms with van der Waals surface area (Å²) >= 11 is 0. The SMILES string of the molecule is CCCCC(=O)OCCCC(N)CCCN. The van der Waals surface area contributed by atoms with Gasteiger partial charge in [-0.05, 0) is 38.6 Å². The summed E-state index contributed by atoms with van der Waals surface area (Å²) in [5.74, 6) is -0.0858. The maximum atomic E-state index is 11.1. The van der Waals surface area contributed by atoms with Crippen molar-refractivity contribution >= 4 is 5.97 Å². The van der Waals surface area contributed by atoms with Crippen LogP contribution in [0.4, 0.5) is 0 Å². The third-order valence-corrected chi connectivity index (χ3v) is 2.50. The molecule has 16 heavy (non-hydrogen) atoms. The van der Waals surface area contributed by atoms with Crippen LogP contribution in [-0.2, 0) is 9.53 Å². The highest BCUT2D eigenvalue weighted by atomic mass is 16.5. The smallest absolute Gasteiger partial charge is 0.305 e. The maximum Gasteiger partial charge on any atom is 0.305 e. The van der Waals surface area contributed by atoms with Gasteiger partial charge in [-0.1, -0.05) is 13.3 Å². The van der Waals surface area contributed by atoms with Crippen molar-refractivity contribution in [3.05, 3.63) is 0 Å². The van der Waals surface area contributed by atoms with E-state index in [1.807, 2.05) is 0 Å². The predicted octanol–water partition coefficient (Wildman–Crippen LogP) is 1.57. The molecule has 0 aliphatic carbocycles. The Morgan fingerprint density at radius 1 is 1.25 bits per heavy atom. The number of ether oxygens (including phenoxy) is 1. The van der Waals surface area contributed by atoms with Crippen molar-refractivity contribution in [2.24, 2.45) is 11.5 Å². The minimum absolute atomic E-state index is 0.0858. The highest BCUT2D eigenvalue weighted by Crippen LogP contribution is 2.03. The second-order valence-corrected chi connectivity index (χ2v) is 4.16. The first-order chi connectivity index (χ1) is 7.70. The van der Waals surface area contributed by atoms with Gasteiger partial charge in [-0.15, -0.1) is 0 Å². The molecule has 0 aromatic rings. The quantitative estimate of drug-likeness (QED) is 0.441. The van der Waals surface area contributed by atoms with E-state index in [0.717, 1.165) is 38.5 Å². The molecule has 1 unspecified atom stereocenters. The molecule has 0 radical (unpaired) electrons. The van der Waals surface area contributed by atoms with Crippen LogP contribution in [0.1, 0.15) is 51.9 Å². The molecule has 0 bridgehead atoms. The van der Waals surface area contributed by atoms with E-state index in [-0.39, 0.29) is 12.0 Å². The molecule has 0 aliphatic rings. The molecule has 0 fully saturated rings. The second kappa shape index (κ2) is 10.9. The van der Waals surface area contributed by atoms with Crippen molar-refractivity contribution in [2.75, 3.05) is 13.2 Å². The summed E-state index contributed by atoms with van der Waals surface area (Å²) in [6.45, 7) is 3.25. The minimum Gasteiger partial charge on any atom is -0.466 e. The number of rotatable bonds is 10. The zero-order chi connectivity index (χ0) is 12.2. The van der Waals surface area contributed by atoms with Crippen molar-refractivity contribution in [1.29, 1.82) is 0 Å². The average Bonchev–Trinajstić information content (AvgIpc) is 2.29. The van der Waals surface area contributed by atoms with Gasteiger partial charge < -0.3 is 16.2 Å². The van der Waals surface area contributed by atoms with E-state index in [2.05, 4.69) is 6.92 Å². The average molecular weight is 230 g/mol. The van der Waals surface area contributed by atoms with E-state index < -0.39 is 0 Å². The van der Waals surface area contributed by atoms with Crippen molar-refractivity contribution in [2.45, 2.75) is 57.9 Å². The van der Waals surface area contributed by atoms with Gasteiger partial charge in [0.15, 0.2) is 0 Å². The Kier molecular flexibility index (Phi) is 10.5. The monoisotopic (exact) mass is 230 g/mol. The van der Waals surface area contributed by atoms with Crippen molar-refractivity contribution in [1.82, 2.24) is 0 Å². The van der Waals surface area contributed by atoms with Gasteiger partial charge in [0.25, 0.3) is 0 Å². The van der Waals surface area contributed by atoms with Gasteiger partial charge in [-0.2, -0.15) is 0 Å². The molecule has 0 rings (SSSR count). The molecule has 4 nitrogen and oxygen atoms in total. The number of carbonyl (C=O) groups excluding carboxylic acids is 1. The molecular formula is C12H26N2O2. The van der Waals surface area contributed by atoms with Gasteiger partial charge >= 0.3 is 5.97 Å². The Labute approximate surface area is 98.7 Å². The Hall–Kier alpha value is -0.610. The zero-order valence-corrected chi connectivity index (χ0v) is 10.4. The van der Waals surface area contributed by atoms with Crippen molar-refractivity contribution in [3.63, 3.8) is 0 Å². The third kappa shape index (κ3) is 9.93. The van der Waals surface area contributed by atoms with Crippen LogP contribution < -0.4 is 11.5 Å². The summed E-state index contributed by atoms with van der Waals surface area (Å²) in [7, 11) is 0. The number of hydrogen-bond acceptors (Lipinski definition) is 4. The molecule has 0 aliphatic heterocycles. The molecule has 0 aromatic heterocycles. The highest BCUT2D eigenvalue weighted by Gasteiger charge is 2.04. The predicted molar refractivity (Wildman–Crippen MR) is 66.0 cm³/mol. The van der Waals surface area contributed by atoms with Crippen LogP contribution >= 0.6 is 0 Å². The van der Waals surface area contributed by atoms with E-state index in [9.17, 15) is 4.79 Å². The molecule has 4 N–H and O–H groups in total. The molecule has 0 saturated heterocycles. The lowest BCUT2D eigenvalue weighted by atomic mass is 10.1. The highest BCUT2D eigenvalue weighted by molar-refractivity contribution is 5.69. The maximum absolute atomic E-state index is 11.1. The lowest BCUT2D eigenvalue weighted by Gasteiger charge is -2.10. The Morgan fingerprint density at radius 3 is 2.56 bits per heavy atom. The fourth-order valence-corrected chi connectivity index (χ4v) is 1.45. The minimum atomic E-state index is -0.0858. The first kappa shape index (κ1) is 15.4. The summed E-state index contributed by atoms with van der Waals surface area (Å²) in [4.78, 5) is 11.1. The summed E-state index contributed by atoms with van der Waals surface area (Å²) in [5.41, 5.74) is 11.3. The number of nitrogens with two attached hydrogens (primary N) is 2. The summed E-state index contributed by atoms with van der Waals surface area (Å²) in [6, 6.07) is 0.192. The molecule has 0 heterocycles. The fraction of sp³-hybridized carbons (Fsp3) is 0.917. The Balaban J connectivity index is 3.28. The summed E-state index contributed by atoms with van der Waals surface area (Å²) in [5, 5.41) is 0. The van der Waals surface area contributed by atoms with Crippen molar-refractivity contribution < 1.29 is 9.53 Å². The van der Waals surface area contributed by atoms with E-state index in [1.54, 1.807) is 0 Å². The van der Waals surface area contributed by atoms with Gasteiger partial charge in [-0.25, -0.2) is 0 Å². The van der Waals surface area contributed by atoms with Crippen LogP contribution in [0.5, 0.6) is 0 Å². The number of carbonyl (C=O) groups is 1. The van der Waals surface area contributed by atoms with E-state index >= 15 is 0 Å². The Morgan fingerprint density at radius 2 is 1.94 bits per heavy atom. The number of hydrogen-bond donors (Lipinski definition) is 2. The van der Waals surface area contributed by atoms with Gasteiger partial charge in [0.2, 0.25) is 0 Å². The first-order valence-corrected chi connectivity index (χ1v) is 6.32. The van der Waals surface area contributed by atoms with Gasteiger partial charge in [0.1, 0.15) is 0 Å². The molecular weight excluding hydrogens is 204 g/mol. The summed E-state index contributed by atoms with van der Waals surface area (Å²) < 4.78 is 5.08. The first-order valence-electron chi connectivity index (χ1n) is 6.32. The third-order valence-electron chi connectivity index (χ3n) is 2.50. The van der Waals surface area contributed by atoms with Crippen LogP contribution in [0.25, 0.3) is 0 Å². The normalized spacial score (nSPS) is 12.4. The molecule has 1 atom stereocenters. The topological polar surface area (TPSA) is 78.3 Å². The van der Waals surface area contributed by atoms with Crippen LogP contribution in [0, 0.1) is 0 Å². The molecule has 0 saturated carbocycles. The van der Waals surface area contributed by atoms with Crippen LogP contribution in [0.2, 0.25) is 0 Å². The van der Waals surface area contributed by atoms with Crippen molar-refractivity contribution in [3.8, 4) is 0 Å². The molecule has 0 amide bonds. The largest absolute Gasteiger partial charge is 0.466 e. The van der Waals surface area contributed by atoms with Gasteiger partial charge in [-0.3, -0.25) is 4.79 Å². The standard InChI is InChI=1S/C12H26N2O2/c1-2-3-8-12(15)16-10-5-7-11(14)6-4-9-13/h11H,2-10,13-14H2,1H3. The van der Waals surface area contributed by atoms with E-state index in [4.69, 9.17) is 16.2 Å². The summed E-state index contributed by atoms with van der Waals surface area (Å²) in [6.07, 6.45) is 6.16. The zero-order valence-electron chi connectivity index (χ0n) is 10.4. The number of esters is 1. The lowest BCUT2D eigenvalue weighted by Crippen LogP contribution is -2.21. The molecule has 4 heteroatoms. The Bertz CT molecular complexity index is 174. The van der Waals surface area contributed by atoms with Gasteiger partial charge in [0.05, 0.1) is 6.61 Å².